The topological polar surface area (TPSA) is 98.1 Å². The second-order valence-corrected chi connectivity index (χ2v) is 9.37. The summed E-state index contributed by atoms with van der Waals surface area (Å²) >= 11 is 5.97. The van der Waals surface area contributed by atoms with E-state index in [-0.39, 0.29) is 17.5 Å². The number of ether oxygens (including phenoxy) is 2. The Balaban J connectivity index is 2.85. The van der Waals surface area contributed by atoms with E-state index in [2.05, 4.69) is 9.35 Å². The Morgan fingerprint density at radius 1 is 1.36 bits per heavy atom. The molecule has 0 aliphatic rings. The lowest BCUT2D eigenvalue weighted by atomic mass is 10.2. The van der Waals surface area contributed by atoms with Crippen molar-refractivity contribution in [3.63, 3.8) is 0 Å². The van der Waals surface area contributed by atoms with Crippen LogP contribution in [0.25, 0.3) is 0 Å². The molecule has 0 fully saturated rings. The van der Waals surface area contributed by atoms with Gasteiger partial charge in [0.2, 0.25) is 5.88 Å². The van der Waals surface area contributed by atoms with Gasteiger partial charge in [0.05, 0.1) is 22.1 Å². The minimum absolute atomic E-state index is 0.0154. The summed E-state index contributed by atoms with van der Waals surface area (Å²) in [5, 5.41) is 8.95. The average molecular weight is 393 g/mol. The summed E-state index contributed by atoms with van der Waals surface area (Å²) in [6, 6.07) is 3.16. The Morgan fingerprint density at radius 3 is 2.64 bits per heavy atom. The lowest BCUT2D eigenvalue weighted by molar-refractivity contribution is 0.0607. The van der Waals surface area contributed by atoms with Gasteiger partial charge in [0.25, 0.3) is 0 Å². The van der Waals surface area contributed by atoms with Gasteiger partial charge in [0.1, 0.15) is 10.8 Å². The molecule has 0 spiro atoms. The van der Waals surface area contributed by atoms with E-state index >= 15 is 0 Å². The highest BCUT2D eigenvalue weighted by Gasteiger charge is 2.18. The standard InChI is InChI=1S/C16H25ClN2O5S/c1-16(2,3)24-15(21)19-25(4,22)11-12-9-13(17)18-14(10-12)23-8-6-5-7-20/h9-10,20H,5-8,11H2,1-4H3. The van der Waals surface area contributed by atoms with Crippen LogP contribution in [0.5, 0.6) is 5.88 Å². The zero-order valence-electron chi connectivity index (χ0n) is 15.0. The van der Waals surface area contributed by atoms with Crippen molar-refractivity contribution in [2.75, 3.05) is 19.5 Å². The maximum atomic E-state index is 12.6. The predicted octanol–water partition coefficient (Wildman–Crippen LogP) is 3.42. The predicted molar refractivity (Wildman–Crippen MR) is 97.5 cm³/mol. The summed E-state index contributed by atoms with van der Waals surface area (Å²) < 4.78 is 26.8. The number of hydrogen-bond donors (Lipinski definition) is 1. The number of carbonyl (C=O) groups is 1. The first kappa shape index (κ1) is 21.7. The van der Waals surface area contributed by atoms with Crippen molar-refractivity contribution in [3.05, 3.63) is 22.8 Å². The molecule has 0 bridgehead atoms. The van der Waals surface area contributed by atoms with Gasteiger partial charge in [-0.1, -0.05) is 11.6 Å². The Kier molecular flexibility index (Phi) is 8.11. The van der Waals surface area contributed by atoms with Crippen LogP contribution in [0.3, 0.4) is 0 Å². The molecule has 0 aromatic carbocycles. The average Bonchev–Trinajstić information content (AvgIpc) is 2.39. The fraction of sp³-hybridized carbons (Fsp3) is 0.625. The summed E-state index contributed by atoms with van der Waals surface area (Å²) in [5.74, 6) is 0.314. The van der Waals surface area contributed by atoms with Crippen LogP contribution < -0.4 is 4.74 Å². The second-order valence-electron chi connectivity index (χ2n) is 6.59. The SMILES string of the molecule is CC(C)(C)OC(=O)N=S(C)(=O)Cc1cc(Cl)nc(OCCCCO)c1. The summed E-state index contributed by atoms with van der Waals surface area (Å²) in [6.07, 6.45) is 1.83. The Hall–Kier alpha value is -1.38. The highest BCUT2D eigenvalue weighted by Crippen LogP contribution is 2.19. The van der Waals surface area contributed by atoms with Crippen molar-refractivity contribution in [1.82, 2.24) is 4.98 Å². The molecule has 0 saturated carbocycles. The van der Waals surface area contributed by atoms with E-state index in [4.69, 9.17) is 26.2 Å². The molecule has 1 aromatic rings. The van der Waals surface area contributed by atoms with Crippen molar-refractivity contribution in [2.24, 2.45) is 4.36 Å². The fourth-order valence-electron chi connectivity index (χ4n) is 1.85. The van der Waals surface area contributed by atoms with E-state index in [1.165, 1.54) is 6.26 Å². The molecule has 1 amide bonds. The van der Waals surface area contributed by atoms with E-state index in [1.54, 1.807) is 32.9 Å². The van der Waals surface area contributed by atoms with Crippen molar-refractivity contribution in [2.45, 2.75) is 45.0 Å². The Bertz CT molecular complexity index is 709. The highest BCUT2D eigenvalue weighted by atomic mass is 35.5. The molecule has 1 atom stereocenters. The number of aliphatic hydroxyl groups excluding tert-OH is 1. The number of aliphatic hydroxyl groups is 1. The molecule has 142 valence electrons. The van der Waals surface area contributed by atoms with Crippen molar-refractivity contribution < 1.29 is 23.6 Å². The molecule has 0 aliphatic carbocycles. The second kappa shape index (κ2) is 9.35. The van der Waals surface area contributed by atoms with E-state index in [0.717, 1.165) is 0 Å². The van der Waals surface area contributed by atoms with Crippen LogP contribution in [0, 0.1) is 0 Å². The van der Waals surface area contributed by atoms with Gasteiger partial charge in [-0.05, 0) is 45.2 Å². The lowest BCUT2D eigenvalue weighted by Crippen LogP contribution is -2.22. The molecule has 0 saturated heterocycles. The van der Waals surface area contributed by atoms with Gasteiger partial charge in [-0.3, -0.25) is 0 Å². The van der Waals surface area contributed by atoms with Crippen molar-refractivity contribution in [1.29, 1.82) is 0 Å². The molecular weight excluding hydrogens is 368 g/mol. The zero-order chi connectivity index (χ0) is 19.1. The Labute approximate surface area is 153 Å². The number of aromatic nitrogens is 1. The van der Waals surface area contributed by atoms with E-state index in [0.29, 0.717) is 30.9 Å². The quantitative estimate of drug-likeness (QED) is 0.563. The van der Waals surface area contributed by atoms with Gasteiger partial charge in [0.15, 0.2) is 0 Å². The smallest absolute Gasteiger partial charge is 0.442 e. The first-order chi connectivity index (χ1) is 11.5. The number of rotatable bonds is 7. The number of unbranched alkanes of at least 4 members (excludes halogenated alkanes) is 1. The van der Waals surface area contributed by atoms with Gasteiger partial charge in [0, 0.05) is 18.9 Å². The maximum Gasteiger partial charge on any atom is 0.442 e. The van der Waals surface area contributed by atoms with Crippen LogP contribution in [0.4, 0.5) is 4.79 Å². The monoisotopic (exact) mass is 392 g/mol. The van der Waals surface area contributed by atoms with Crippen LogP contribution in [-0.4, -0.2) is 45.5 Å². The lowest BCUT2D eigenvalue weighted by Gasteiger charge is -2.17. The number of nitrogens with zero attached hydrogens (tertiary/aromatic N) is 2. The van der Waals surface area contributed by atoms with Crippen LogP contribution in [-0.2, 0) is 20.2 Å². The van der Waals surface area contributed by atoms with Crippen LogP contribution in [0.15, 0.2) is 16.5 Å². The molecule has 9 heteroatoms. The zero-order valence-corrected chi connectivity index (χ0v) is 16.5. The highest BCUT2D eigenvalue weighted by molar-refractivity contribution is 7.92. The van der Waals surface area contributed by atoms with Gasteiger partial charge < -0.3 is 14.6 Å². The van der Waals surface area contributed by atoms with Gasteiger partial charge in [-0.25, -0.2) is 14.0 Å². The molecule has 0 aliphatic heterocycles. The van der Waals surface area contributed by atoms with Crippen molar-refractivity contribution >= 4 is 27.4 Å². The summed E-state index contributed by atoms with van der Waals surface area (Å²) in [5.41, 5.74) is -0.108. The third kappa shape index (κ3) is 9.62. The molecule has 1 heterocycles. The van der Waals surface area contributed by atoms with Crippen LogP contribution in [0.2, 0.25) is 5.15 Å². The number of pyridine rings is 1. The minimum Gasteiger partial charge on any atom is -0.478 e. The molecule has 1 aromatic heterocycles. The summed E-state index contributed by atoms with van der Waals surface area (Å²) in [6.45, 7) is 5.61. The number of halogens is 1. The van der Waals surface area contributed by atoms with Crippen molar-refractivity contribution in [3.8, 4) is 5.88 Å². The number of carbonyl (C=O) groups excluding carboxylic acids is 1. The van der Waals surface area contributed by atoms with Gasteiger partial charge >= 0.3 is 6.09 Å². The minimum atomic E-state index is -2.84. The molecule has 1 N–H and O–H groups in total. The van der Waals surface area contributed by atoms with E-state index in [1.807, 2.05) is 0 Å². The van der Waals surface area contributed by atoms with E-state index < -0.39 is 21.4 Å². The third-order valence-corrected chi connectivity index (χ3v) is 4.33. The Morgan fingerprint density at radius 2 is 2.04 bits per heavy atom. The first-order valence-electron chi connectivity index (χ1n) is 7.84. The first-order valence-corrected chi connectivity index (χ1v) is 10.3. The number of amides is 1. The third-order valence-electron chi connectivity index (χ3n) is 2.73. The molecule has 0 radical (unpaired) electrons. The van der Waals surface area contributed by atoms with Crippen LogP contribution in [0.1, 0.15) is 39.2 Å². The molecule has 7 nitrogen and oxygen atoms in total. The normalized spacial score (nSPS) is 13.8. The number of hydrogen-bond acceptors (Lipinski definition) is 6. The molecule has 1 unspecified atom stereocenters. The summed E-state index contributed by atoms with van der Waals surface area (Å²) in [4.78, 5) is 15.8. The molecule has 1 rings (SSSR count). The molecule has 25 heavy (non-hydrogen) atoms. The fourth-order valence-corrected chi connectivity index (χ4v) is 3.28. The van der Waals surface area contributed by atoms with E-state index in [9.17, 15) is 9.00 Å². The summed E-state index contributed by atoms with van der Waals surface area (Å²) in [7, 11) is -2.84. The van der Waals surface area contributed by atoms with Gasteiger partial charge in [-0.15, -0.1) is 4.36 Å². The van der Waals surface area contributed by atoms with Gasteiger partial charge in [-0.2, -0.15) is 0 Å². The maximum absolute atomic E-state index is 12.6. The largest absolute Gasteiger partial charge is 0.478 e. The molecular formula is C16H25ClN2O5S. The van der Waals surface area contributed by atoms with Crippen LogP contribution >= 0.6 is 11.6 Å².